The molecule has 1 aromatic carbocycles. The fourth-order valence-electron chi connectivity index (χ4n) is 4.66. The van der Waals surface area contributed by atoms with Crippen LogP contribution in [0.4, 0.5) is 0 Å². The molecule has 1 aromatic rings. The lowest BCUT2D eigenvalue weighted by atomic mass is 9.66. The van der Waals surface area contributed by atoms with Crippen LogP contribution in [0.15, 0.2) is 36.4 Å². The number of ether oxygens (including phenoxy) is 1. The topological polar surface area (TPSA) is 83.8 Å². The number of carboxylic acid groups (broad SMARTS) is 1. The smallest absolute Gasteiger partial charge is 0.335 e. The van der Waals surface area contributed by atoms with Gasteiger partial charge in [-0.05, 0) is 55.2 Å². The molecule has 0 radical (unpaired) electrons. The van der Waals surface area contributed by atoms with Crippen molar-refractivity contribution in [2.24, 2.45) is 17.3 Å². The van der Waals surface area contributed by atoms with Crippen molar-refractivity contribution in [1.29, 1.82) is 0 Å². The maximum Gasteiger partial charge on any atom is 0.335 e. The standard InChI is InChI=1S/C24H32O5/c1-24(13-4-14-24)22(26)6-3-5-19-18(20(25)15-21(19)29-2)12-9-16-7-10-17(11-8-16)23(27)28/h3,5,7-8,10-11,18-19,21-22,26H,4,6,9,12-15H2,1-2H3,(H,27,28)/b5-3+/t18-,19-,21?,22?/m1/s1. The van der Waals surface area contributed by atoms with Crippen LogP contribution in [0.25, 0.3) is 0 Å². The Hall–Kier alpha value is -1.98. The van der Waals surface area contributed by atoms with Gasteiger partial charge in [-0.2, -0.15) is 0 Å². The third-order valence-electron chi connectivity index (χ3n) is 6.98. The van der Waals surface area contributed by atoms with E-state index in [4.69, 9.17) is 9.84 Å². The van der Waals surface area contributed by atoms with E-state index in [1.165, 1.54) is 6.42 Å². The molecule has 5 heteroatoms. The monoisotopic (exact) mass is 400 g/mol. The van der Waals surface area contributed by atoms with E-state index < -0.39 is 5.97 Å². The zero-order chi connectivity index (χ0) is 21.0. The minimum absolute atomic E-state index is 0.0205. The van der Waals surface area contributed by atoms with Crippen LogP contribution in [0, 0.1) is 17.3 Å². The summed E-state index contributed by atoms with van der Waals surface area (Å²) >= 11 is 0. The molecule has 0 aliphatic heterocycles. The van der Waals surface area contributed by atoms with Gasteiger partial charge < -0.3 is 14.9 Å². The first-order valence-corrected chi connectivity index (χ1v) is 10.6. The Kier molecular flexibility index (Phi) is 6.91. The third kappa shape index (κ3) is 4.96. The largest absolute Gasteiger partial charge is 0.478 e. The number of hydrogen-bond acceptors (Lipinski definition) is 4. The number of aliphatic hydroxyl groups excluding tert-OH is 1. The van der Waals surface area contributed by atoms with E-state index in [-0.39, 0.29) is 40.8 Å². The van der Waals surface area contributed by atoms with Gasteiger partial charge in [0.05, 0.1) is 17.8 Å². The molecule has 3 rings (SSSR count). The number of aliphatic hydroxyl groups is 1. The molecule has 0 aromatic heterocycles. The molecule has 0 heterocycles. The summed E-state index contributed by atoms with van der Waals surface area (Å²) in [5.74, 6) is -0.798. The first kappa shape index (κ1) is 21.7. The molecule has 4 atom stereocenters. The Morgan fingerprint density at radius 2 is 2.00 bits per heavy atom. The highest BCUT2D eigenvalue weighted by Crippen LogP contribution is 2.44. The average molecular weight is 401 g/mol. The molecular weight excluding hydrogens is 368 g/mol. The van der Waals surface area contributed by atoms with Crippen molar-refractivity contribution >= 4 is 11.8 Å². The molecule has 2 aliphatic rings. The summed E-state index contributed by atoms with van der Waals surface area (Å²) in [6.45, 7) is 2.14. The van der Waals surface area contributed by atoms with E-state index >= 15 is 0 Å². The Balaban J connectivity index is 1.61. The van der Waals surface area contributed by atoms with E-state index in [0.717, 1.165) is 24.8 Å². The van der Waals surface area contributed by atoms with Crippen molar-refractivity contribution in [3.05, 3.63) is 47.5 Å². The predicted octanol–water partition coefficient (Wildman–Crippen LogP) is 4.04. The Bertz CT molecular complexity index is 747. The molecule has 0 saturated heterocycles. The molecular formula is C24H32O5. The van der Waals surface area contributed by atoms with Crippen LogP contribution in [0.2, 0.25) is 0 Å². The molecule has 5 nitrogen and oxygen atoms in total. The predicted molar refractivity (Wildman–Crippen MR) is 111 cm³/mol. The van der Waals surface area contributed by atoms with Crippen molar-refractivity contribution < 1.29 is 24.5 Å². The maximum atomic E-state index is 12.6. The summed E-state index contributed by atoms with van der Waals surface area (Å²) in [4.78, 5) is 23.6. The quantitative estimate of drug-likeness (QED) is 0.611. The van der Waals surface area contributed by atoms with Crippen molar-refractivity contribution in [3.63, 3.8) is 0 Å². The summed E-state index contributed by atoms with van der Waals surface area (Å²) in [7, 11) is 1.65. The van der Waals surface area contributed by atoms with Crippen molar-refractivity contribution in [2.75, 3.05) is 7.11 Å². The number of aryl methyl sites for hydroxylation is 1. The van der Waals surface area contributed by atoms with E-state index in [2.05, 4.69) is 13.0 Å². The summed E-state index contributed by atoms with van der Waals surface area (Å²) in [6, 6.07) is 6.84. The molecule has 0 bridgehead atoms. The molecule has 0 amide bonds. The van der Waals surface area contributed by atoms with Crippen LogP contribution in [0.3, 0.4) is 0 Å². The third-order valence-corrected chi connectivity index (χ3v) is 6.98. The first-order valence-electron chi connectivity index (χ1n) is 10.6. The number of aromatic carboxylic acids is 1. The van der Waals surface area contributed by atoms with Gasteiger partial charge in [0.25, 0.3) is 0 Å². The van der Waals surface area contributed by atoms with Crippen LogP contribution in [0.5, 0.6) is 0 Å². The highest BCUT2D eigenvalue weighted by molar-refractivity contribution is 5.87. The fourth-order valence-corrected chi connectivity index (χ4v) is 4.66. The van der Waals surface area contributed by atoms with Crippen molar-refractivity contribution in [3.8, 4) is 0 Å². The highest BCUT2D eigenvalue weighted by atomic mass is 16.5. The van der Waals surface area contributed by atoms with Crippen LogP contribution in [-0.4, -0.2) is 41.3 Å². The number of carboxylic acids is 1. The number of methoxy groups -OCH3 is 1. The van der Waals surface area contributed by atoms with Gasteiger partial charge in [0.15, 0.2) is 0 Å². The second-order valence-corrected chi connectivity index (χ2v) is 8.86. The fraction of sp³-hybridized carbons (Fsp3) is 0.583. The highest BCUT2D eigenvalue weighted by Gasteiger charge is 2.41. The Labute approximate surface area is 172 Å². The van der Waals surface area contributed by atoms with Gasteiger partial charge in [0.2, 0.25) is 0 Å². The second kappa shape index (κ2) is 9.23. The molecule has 29 heavy (non-hydrogen) atoms. The van der Waals surface area contributed by atoms with E-state index in [9.17, 15) is 14.7 Å². The SMILES string of the molecule is COC1CC(=O)[C@H](CCc2ccc(C(=O)O)cc2)[C@H]1/C=C/CC(O)C1(C)CCC1. The number of benzene rings is 1. The van der Waals surface area contributed by atoms with Gasteiger partial charge in [-0.15, -0.1) is 0 Å². The van der Waals surface area contributed by atoms with Crippen molar-refractivity contribution in [2.45, 2.75) is 64.1 Å². The van der Waals surface area contributed by atoms with Crippen LogP contribution >= 0.6 is 0 Å². The van der Waals surface area contributed by atoms with Crippen LogP contribution < -0.4 is 0 Å². The maximum absolute atomic E-state index is 12.6. The normalized spacial score (nSPS) is 27.1. The van der Waals surface area contributed by atoms with Crippen LogP contribution in [-0.2, 0) is 16.0 Å². The average Bonchev–Trinajstić information content (AvgIpc) is 2.99. The molecule has 2 aliphatic carbocycles. The van der Waals surface area contributed by atoms with Gasteiger partial charge in [-0.25, -0.2) is 4.79 Å². The molecule has 2 fully saturated rings. The Morgan fingerprint density at radius 1 is 1.31 bits per heavy atom. The molecule has 2 unspecified atom stereocenters. The zero-order valence-electron chi connectivity index (χ0n) is 17.3. The van der Waals surface area contributed by atoms with Gasteiger partial charge >= 0.3 is 5.97 Å². The van der Waals surface area contributed by atoms with Crippen molar-refractivity contribution in [1.82, 2.24) is 0 Å². The molecule has 2 N–H and O–H groups in total. The summed E-state index contributed by atoms with van der Waals surface area (Å²) in [5, 5.41) is 19.5. The summed E-state index contributed by atoms with van der Waals surface area (Å²) < 4.78 is 5.58. The number of Topliss-reactive ketones (excluding diaryl/α,β-unsaturated/α-hetero) is 1. The number of carbonyl (C=O) groups excluding carboxylic acids is 1. The minimum Gasteiger partial charge on any atom is -0.478 e. The lowest BCUT2D eigenvalue weighted by molar-refractivity contribution is -0.121. The minimum atomic E-state index is -0.936. The summed E-state index contributed by atoms with van der Waals surface area (Å²) in [5.41, 5.74) is 1.34. The number of ketones is 1. The molecule has 158 valence electrons. The van der Waals surface area contributed by atoms with Gasteiger partial charge in [-0.1, -0.05) is 37.6 Å². The molecule has 2 saturated carbocycles. The molecule has 0 spiro atoms. The second-order valence-electron chi connectivity index (χ2n) is 8.86. The number of hydrogen-bond donors (Lipinski definition) is 2. The first-order chi connectivity index (χ1) is 13.8. The van der Waals surface area contributed by atoms with Gasteiger partial charge in [-0.3, -0.25) is 4.79 Å². The van der Waals surface area contributed by atoms with Gasteiger partial charge in [0, 0.05) is 25.4 Å². The van der Waals surface area contributed by atoms with E-state index in [0.29, 0.717) is 19.3 Å². The summed E-state index contributed by atoms with van der Waals surface area (Å²) in [6.07, 6.45) is 9.46. The van der Waals surface area contributed by atoms with Crippen LogP contribution in [0.1, 0.15) is 61.4 Å². The van der Waals surface area contributed by atoms with E-state index in [1.807, 2.05) is 18.2 Å². The zero-order valence-corrected chi connectivity index (χ0v) is 17.3. The van der Waals surface area contributed by atoms with Gasteiger partial charge in [0.1, 0.15) is 5.78 Å². The number of rotatable bonds is 9. The van der Waals surface area contributed by atoms with E-state index in [1.54, 1.807) is 19.2 Å². The number of carbonyl (C=O) groups is 2. The lowest BCUT2D eigenvalue weighted by Gasteiger charge is -2.42. The lowest BCUT2D eigenvalue weighted by Crippen LogP contribution is -2.38. The Morgan fingerprint density at radius 3 is 2.55 bits per heavy atom.